The molecule has 0 atom stereocenters. The predicted octanol–water partition coefficient (Wildman–Crippen LogP) is 2.29. The van der Waals surface area contributed by atoms with Crippen LogP contribution in [0.4, 0.5) is 18.9 Å². The Morgan fingerprint density at radius 2 is 2.05 bits per heavy atom. The number of benzene rings is 1. The molecule has 0 aliphatic carbocycles. The first kappa shape index (κ1) is 15.2. The molecular weight excluding hydrogens is 283 g/mol. The minimum Gasteiger partial charge on any atom is -0.355 e. The zero-order chi connectivity index (χ0) is 15.8. The van der Waals surface area contributed by atoms with Crippen LogP contribution in [0, 0.1) is 11.3 Å². The number of rotatable bonds is 1. The molecule has 1 aromatic carbocycles. The number of hydrogen-bond acceptors (Lipinski definition) is 3. The molecule has 1 saturated heterocycles. The van der Waals surface area contributed by atoms with E-state index in [0.717, 1.165) is 12.1 Å². The number of hydrogen-bond donors (Lipinski definition) is 1. The van der Waals surface area contributed by atoms with Crippen molar-refractivity contribution in [3.8, 4) is 6.07 Å². The van der Waals surface area contributed by atoms with Crippen LogP contribution in [-0.4, -0.2) is 24.5 Å². The summed E-state index contributed by atoms with van der Waals surface area (Å²) >= 11 is 0. The van der Waals surface area contributed by atoms with E-state index < -0.39 is 17.3 Å². The number of alkyl halides is 3. The molecule has 2 rings (SSSR count). The van der Waals surface area contributed by atoms with Gasteiger partial charge in [-0.15, -0.1) is 0 Å². The number of carbonyl (C=O) groups excluding carboxylic acids is 1. The zero-order valence-corrected chi connectivity index (χ0v) is 11.6. The summed E-state index contributed by atoms with van der Waals surface area (Å²) in [5, 5.41) is 11.8. The number of anilines is 1. The van der Waals surface area contributed by atoms with Gasteiger partial charge >= 0.3 is 6.18 Å². The summed E-state index contributed by atoms with van der Waals surface area (Å²) in [6, 6.07) is 4.78. The SMILES string of the molecule is CC1(C)C(=O)NCCN1c1ccc(C(F)(F)F)cc1C#N. The lowest BCUT2D eigenvalue weighted by Gasteiger charge is -2.43. The van der Waals surface area contributed by atoms with Gasteiger partial charge in [0, 0.05) is 13.1 Å². The molecule has 0 radical (unpaired) electrons. The van der Waals surface area contributed by atoms with Gasteiger partial charge in [-0.3, -0.25) is 4.79 Å². The van der Waals surface area contributed by atoms with Gasteiger partial charge in [-0.05, 0) is 32.0 Å². The fourth-order valence-electron chi connectivity index (χ4n) is 2.36. The third kappa shape index (κ3) is 2.66. The van der Waals surface area contributed by atoms with E-state index in [1.165, 1.54) is 6.07 Å². The number of nitrogens with zero attached hydrogens (tertiary/aromatic N) is 2. The summed E-state index contributed by atoms with van der Waals surface area (Å²) in [4.78, 5) is 13.6. The fourth-order valence-corrected chi connectivity index (χ4v) is 2.36. The molecule has 0 spiro atoms. The number of carbonyl (C=O) groups is 1. The van der Waals surface area contributed by atoms with Crippen molar-refractivity contribution in [2.24, 2.45) is 0 Å². The van der Waals surface area contributed by atoms with Crippen LogP contribution < -0.4 is 10.2 Å². The number of piperazine rings is 1. The Labute approximate surface area is 120 Å². The first-order valence-corrected chi connectivity index (χ1v) is 6.35. The van der Waals surface area contributed by atoms with Crippen LogP contribution in [0.15, 0.2) is 18.2 Å². The second-order valence-electron chi connectivity index (χ2n) is 5.31. The van der Waals surface area contributed by atoms with Crippen LogP contribution in [-0.2, 0) is 11.0 Å². The van der Waals surface area contributed by atoms with Gasteiger partial charge in [0.1, 0.15) is 11.6 Å². The van der Waals surface area contributed by atoms with Crippen LogP contribution in [0.1, 0.15) is 25.0 Å². The molecule has 1 heterocycles. The van der Waals surface area contributed by atoms with Crippen LogP contribution in [0.5, 0.6) is 0 Å². The van der Waals surface area contributed by atoms with Crippen molar-refractivity contribution < 1.29 is 18.0 Å². The molecule has 21 heavy (non-hydrogen) atoms. The third-order valence-electron chi connectivity index (χ3n) is 3.59. The van der Waals surface area contributed by atoms with E-state index in [0.29, 0.717) is 18.8 Å². The van der Waals surface area contributed by atoms with Crippen molar-refractivity contribution in [2.45, 2.75) is 25.6 Å². The molecule has 1 amide bonds. The standard InChI is InChI=1S/C14H14F3N3O/c1-13(2)12(21)19-5-6-20(13)11-4-3-10(14(15,16)17)7-9(11)8-18/h3-4,7H,5-6H2,1-2H3,(H,19,21). The van der Waals surface area contributed by atoms with E-state index in [4.69, 9.17) is 5.26 Å². The monoisotopic (exact) mass is 297 g/mol. The predicted molar refractivity (Wildman–Crippen MR) is 70.6 cm³/mol. The van der Waals surface area contributed by atoms with Gasteiger partial charge in [0.25, 0.3) is 0 Å². The lowest BCUT2D eigenvalue weighted by Crippen LogP contribution is -2.62. The Kier molecular flexibility index (Phi) is 3.58. The molecule has 1 N–H and O–H groups in total. The van der Waals surface area contributed by atoms with Gasteiger partial charge < -0.3 is 10.2 Å². The van der Waals surface area contributed by atoms with Crippen LogP contribution in [0.2, 0.25) is 0 Å². The highest BCUT2D eigenvalue weighted by Gasteiger charge is 2.39. The molecular formula is C14H14F3N3O. The van der Waals surface area contributed by atoms with E-state index in [2.05, 4.69) is 5.32 Å². The van der Waals surface area contributed by atoms with Crippen LogP contribution >= 0.6 is 0 Å². The summed E-state index contributed by atoms with van der Waals surface area (Å²) in [7, 11) is 0. The van der Waals surface area contributed by atoms with Crippen molar-refractivity contribution in [1.82, 2.24) is 5.32 Å². The maximum absolute atomic E-state index is 12.7. The molecule has 4 nitrogen and oxygen atoms in total. The second-order valence-corrected chi connectivity index (χ2v) is 5.31. The lowest BCUT2D eigenvalue weighted by molar-refractivity contribution is -0.137. The maximum atomic E-state index is 12.7. The molecule has 7 heteroatoms. The summed E-state index contributed by atoms with van der Waals surface area (Å²) < 4.78 is 38.1. The number of nitrogens with one attached hydrogen (secondary N) is 1. The van der Waals surface area contributed by atoms with Crippen molar-refractivity contribution in [1.29, 1.82) is 5.26 Å². The largest absolute Gasteiger partial charge is 0.416 e. The first-order valence-electron chi connectivity index (χ1n) is 6.35. The van der Waals surface area contributed by atoms with E-state index >= 15 is 0 Å². The smallest absolute Gasteiger partial charge is 0.355 e. The van der Waals surface area contributed by atoms with E-state index in [-0.39, 0.29) is 11.5 Å². The highest BCUT2D eigenvalue weighted by atomic mass is 19.4. The van der Waals surface area contributed by atoms with Crippen LogP contribution in [0.3, 0.4) is 0 Å². The number of halogens is 3. The summed E-state index contributed by atoms with van der Waals surface area (Å²) in [6.45, 7) is 4.15. The molecule has 112 valence electrons. The molecule has 0 unspecified atom stereocenters. The van der Waals surface area contributed by atoms with E-state index in [1.54, 1.807) is 24.8 Å². The first-order chi connectivity index (χ1) is 9.67. The normalized spacial score (nSPS) is 18.1. The lowest BCUT2D eigenvalue weighted by atomic mass is 9.96. The van der Waals surface area contributed by atoms with Gasteiger partial charge in [0.15, 0.2) is 0 Å². The Morgan fingerprint density at radius 1 is 1.38 bits per heavy atom. The Balaban J connectivity index is 2.50. The minimum absolute atomic E-state index is 0.0902. The number of nitriles is 1. The quantitative estimate of drug-likeness (QED) is 0.865. The summed E-state index contributed by atoms with van der Waals surface area (Å²) in [5.41, 5.74) is -1.55. The van der Waals surface area contributed by atoms with Crippen molar-refractivity contribution in [3.05, 3.63) is 29.3 Å². The third-order valence-corrected chi connectivity index (χ3v) is 3.59. The van der Waals surface area contributed by atoms with Crippen LogP contribution in [0.25, 0.3) is 0 Å². The van der Waals surface area contributed by atoms with Crippen molar-refractivity contribution in [3.63, 3.8) is 0 Å². The molecule has 0 aromatic heterocycles. The second kappa shape index (κ2) is 4.95. The van der Waals surface area contributed by atoms with Gasteiger partial charge in [-0.25, -0.2) is 0 Å². The summed E-state index contributed by atoms with van der Waals surface area (Å²) in [6.07, 6.45) is -4.50. The minimum atomic E-state index is -4.50. The van der Waals surface area contributed by atoms with Gasteiger partial charge in [-0.2, -0.15) is 18.4 Å². The van der Waals surface area contributed by atoms with Gasteiger partial charge in [0.2, 0.25) is 5.91 Å². The van der Waals surface area contributed by atoms with Gasteiger partial charge in [0.05, 0.1) is 16.8 Å². The average Bonchev–Trinajstić information content (AvgIpc) is 2.40. The van der Waals surface area contributed by atoms with Crippen molar-refractivity contribution in [2.75, 3.05) is 18.0 Å². The molecule has 1 aliphatic rings. The van der Waals surface area contributed by atoms with E-state index in [9.17, 15) is 18.0 Å². The number of amides is 1. The zero-order valence-electron chi connectivity index (χ0n) is 11.6. The molecule has 1 aromatic rings. The Morgan fingerprint density at radius 3 is 2.62 bits per heavy atom. The molecule has 1 aliphatic heterocycles. The average molecular weight is 297 g/mol. The molecule has 0 bridgehead atoms. The molecule has 1 fully saturated rings. The Hall–Kier alpha value is -2.23. The van der Waals surface area contributed by atoms with E-state index in [1.807, 2.05) is 0 Å². The molecule has 0 saturated carbocycles. The highest BCUT2D eigenvalue weighted by molar-refractivity contribution is 5.91. The topological polar surface area (TPSA) is 56.1 Å². The summed E-state index contributed by atoms with van der Waals surface area (Å²) in [5.74, 6) is -0.225. The maximum Gasteiger partial charge on any atom is 0.416 e. The van der Waals surface area contributed by atoms with Gasteiger partial charge in [-0.1, -0.05) is 0 Å². The Bertz CT molecular complexity index is 617. The highest BCUT2D eigenvalue weighted by Crippen LogP contribution is 2.35. The fraction of sp³-hybridized carbons (Fsp3) is 0.429. The van der Waals surface area contributed by atoms with Crippen molar-refractivity contribution >= 4 is 11.6 Å².